The largest absolute Gasteiger partial charge is 0.484 e. The first-order valence-electron chi connectivity index (χ1n) is 12.6. The molecule has 0 radical (unpaired) electrons. The molecule has 0 spiro atoms. The Morgan fingerprint density at radius 1 is 1.26 bits per heavy atom. The van der Waals surface area contributed by atoms with E-state index in [0.29, 0.717) is 54.6 Å². The molecular weight excluding hydrogens is 503 g/mol. The van der Waals surface area contributed by atoms with Crippen LogP contribution in [0.4, 0.5) is 19.0 Å². The van der Waals surface area contributed by atoms with Gasteiger partial charge >= 0.3 is 6.18 Å². The fraction of sp³-hybridized carbons (Fsp3) is 0.462. The van der Waals surface area contributed by atoms with Crippen molar-refractivity contribution in [3.63, 3.8) is 0 Å². The van der Waals surface area contributed by atoms with Crippen LogP contribution >= 0.6 is 0 Å². The van der Waals surface area contributed by atoms with Gasteiger partial charge in [-0.2, -0.15) is 18.3 Å². The first kappa shape index (κ1) is 25.8. The van der Waals surface area contributed by atoms with Crippen LogP contribution in [0.2, 0.25) is 0 Å². The number of nitrogens with zero attached hydrogens (tertiary/aromatic N) is 3. The highest BCUT2D eigenvalue weighted by atomic mass is 19.4. The molecule has 1 atom stereocenters. The summed E-state index contributed by atoms with van der Waals surface area (Å²) in [6.07, 6.45) is 0.397. The second kappa shape index (κ2) is 10.5. The zero-order valence-corrected chi connectivity index (χ0v) is 20.8. The van der Waals surface area contributed by atoms with Crippen LogP contribution in [-0.2, 0) is 19.4 Å². The number of ether oxygens (including phenoxy) is 1. The Hall–Kier alpha value is -3.83. The normalized spacial score (nSPS) is 17.2. The highest BCUT2D eigenvalue weighted by molar-refractivity contribution is 6.08. The van der Waals surface area contributed by atoms with Crippen LogP contribution in [0.25, 0.3) is 0 Å². The lowest BCUT2D eigenvalue weighted by Gasteiger charge is -2.23. The van der Waals surface area contributed by atoms with Gasteiger partial charge in [-0.05, 0) is 49.8 Å². The number of halogens is 3. The molecule has 1 aliphatic heterocycles. The quantitative estimate of drug-likeness (QED) is 0.400. The SMILES string of the molecule is Cc1cc(C(=O)Nc2c3c(nn2CCC2CC2)C[C@H](CCc2cccc(OCC(F)(F)F)c2)NC3=O)no1. The zero-order valence-electron chi connectivity index (χ0n) is 20.8. The van der Waals surface area contributed by atoms with Gasteiger partial charge in [0.25, 0.3) is 11.8 Å². The van der Waals surface area contributed by atoms with Gasteiger partial charge in [-0.3, -0.25) is 9.59 Å². The Balaban J connectivity index is 1.28. The van der Waals surface area contributed by atoms with E-state index < -0.39 is 18.7 Å². The first-order valence-corrected chi connectivity index (χ1v) is 12.6. The number of hydrogen-bond acceptors (Lipinski definition) is 6. The lowest BCUT2D eigenvalue weighted by molar-refractivity contribution is -0.153. The average Bonchev–Trinajstić information content (AvgIpc) is 3.49. The number of amides is 2. The van der Waals surface area contributed by atoms with Crippen molar-refractivity contribution < 1.29 is 32.0 Å². The second-order valence-electron chi connectivity index (χ2n) is 9.87. The molecule has 3 heterocycles. The monoisotopic (exact) mass is 531 g/mol. The molecule has 202 valence electrons. The molecule has 0 saturated heterocycles. The lowest BCUT2D eigenvalue weighted by Crippen LogP contribution is -2.41. The number of benzene rings is 1. The average molecular weight is 532 g/mol. The Labute approximate surface area is 216 Å². The molecule has 5 rings (SSSR count). The summed E-state index contributed by atoms with van der Waals surface area (Å²) in [5.41, 5.74) is 1.86. The molecule has 12 heteroatoms. The number of rotatable bonds is 10. The minimum Gasteiger partial charge on any atom is -0.484 e. The Morgan fingerprint density at radius 2 is 2.08 bits per heavy atom. The van der Waals surface area contributed by atoms with E-state index in [0.717, 1.165) is 12.0 Å². The predicted molar refractivity (Wildman–Crippen MR) is 130 cm³/mol. The van der Waals surface area contributed by atoms with Crippen molar-refractivity contribution in [3.05, 3.63) is 58.6 Å². The molecule has 0 bridgehead atoms. The topological polar surface area (TPSA) is 111 Å². The molecule has 1 aromatic carbocycles. The maximum atomic E-state index is 13.2. The van der Waals surface area contributed by atoms with Crippen molar-refractivity contribution >= 4 is 17.6 Å². The molecular formula is C26H28F3N5O4. The van der Waals surface area contributed by atoms with E-state index in [1.807, 2.05) is 6.07 Å². The van der Waals surface area contributed by atoms with E-state index in [9.17, 15) is 22.8 Å². The van der Waals surface area contributed by atoms with Crippen LogP contribution in [0.15, 0.2) is 34.9 Å². The molecule has 2 aromatic heterocycles. The lowest BCUT2D eigenvalue weighted by atomic mass is 9.96. The van der Waals surface area contributed by atoms with Gasteiger partial charge in [0.05, 0.1) is 5.69 Å². The van der Waals surface area contributed by atoms with Gasteiger partial charge in [0.1, 0.15) is 22.9 Å². The Kier molecular flexibility index (Phi) is 7.13. The van der Waals surface area contributed by atoms with Crippen LogP contribution < -0.4 is 15.4 Å². The van der Waals surface area contributed by atoms with Gasteiger partial charge in [-0.25, -0.2) is 4.68 Å². The number of carbonyl (C=O) groups is 2. The van der Waals surface area contributed by atoms with Crippen LogP contribution in [0.5, 0.6) is 5.75 Å². The summed E-state index contributed by atoms with van der Waals surface area (Å²) in [6, 6.07) is 7.81. The van der Waals surface area contributed by atoms with Crippen LogP contribution in [0, 0.1) is 12.8 Å². The Bertz CT molecular complexity index is 1330. The number of anilines is 1. The smallest absolute Gasteiger partial charge is 0.422 e. The Morgan fingerprint density at radius 3 is 2.79 bits per heavy atom. The minimum atomic E-state index is -4.41. The van der Waals surface area contributed by atoms with Crippen LogP contribution in [0.3, 0.4) is 0 Å². The zero-order chi connectivity index (χ0) is 26.9. The van der Waals surface area contributed by atoms with Crippen LogP contribution in [-0.4, -0.2) is 45.6 Å². The molecule has 2 N–H and O–H groups in total. The highest BCUT2D eigenvalue weighted by Crippen LogP contribution is 2.34. The summed E-state index contributed by atoms with van der Waals surface area (Å²) < 4.78 is 48.9. The van der Waals surface area contributed by atoms with Crippen molar-refractivity contribution in [3.8, 4) is 5.75 Å². The second-order valence-corrected chi connectivity index (χ2v) is 9.87. The molecule has 38 heavy (non-hydrogen) atoms. The van der Waals surface area contributed by atoms with Crippen molar-refractivity contribution in [2.75, 3.05) is 11.9 Å². The summed E-state index contributed by atoms with van der Waals surface area (Å²) in [7, 11) is 0. The molecule has 9 nitrogen and oxygen atoms in total. The van der Waals surface area contributed by atoms with E-state index in [1.54, 1.807) is 23.7 Å². The maximum Gasteiger partial charge on any atom is 0.422 e. The number of nitrogens with one attached hydrogen (secondary N) is 2. The summed E-state index contributed by atoms with van der Waals surface area (Å²) in [6.45, 7) is 0.912. The summed E-state index contributed by atoms with van der Waals surface area (Å²) in [4.78, 5) is 26.0. The fourth-order valence-electron chi connectivity index (χ4n) is 4.55. The van der Waals surface area contributed by atoms with Crippen molar-refractivity contribution in [1.82, 2.24) is 20.3 Å². The molecule has 1 aliphatic carbocycles. The van der Waals surface area contributed by atoms with Gasteiger partial charge in [0.2, 0.25) is 0 Å². The number of carbonyl (C=O) groups excluding carboxylic acids is 2. The fourth-order valence-corrected chi connectivity index (χ4v) is 4.55. The third-order valence-corrected chi connectivity index (χ3v) is 6.65. The summed E-state index contributed by atoms with van der Waals surface area (Å²) >= 11 is 0. The van der Waals surface area contributed by atoms with Gasteiger partial charge in [-0.15, -0.1) is 0 Å². The summed E-state index contributed by atoms with van der Waals surface area (Å²) in [5, 5.41) is 14.2. The molecule has 2 aliphatic rings. The van der Waals surface area contributed by atoms with E-state index in [1.165, 1.54) is 25.0 Å². The maximum absolute atomic E-state index is 13.2. The highest BCUT2D eigenvalue weighted by Gasteiger charge is 2.33. The van der Waals surface area contributed by atoms with Gasteiger partial charge in [-0.1, -0.05) is 30.1 Å². The molecule has 2 amide bonds. The third kappa shape index (κ3) is 6.35. The minimum absolute atomic E-state index is 0.113. The van der Waals surface area contributed by atoms with E-state index >= 15 is 0 Å². The van der Waals surface area contributed by atoms with E-state index in [-0.39, 0.29) is 23.4 Å². The van der Waals surface area contributed by atoms with Crippen molar-refractivity contribution in [1.29, 1.82) is 0 Å². The number of hydrogen-bond donors (Lipinski definition) is 2. The standard InChI is InChI=1S/C26H28F3N5O4/c1-15-11-21(33-38-15)24(35)31-23-22-20(32-34(23)10-9-16-5-6-16)13-18(30-25(22)36)8-7-17-3-2-4-19(12-17)37-14-26(27,28)29/h2-4,11-12,16,18H,5-10,13-14H2,1H3,(H,30,36)(H,31,35)/t18-/m0/s1. The number of aryl methyl sites for hydroxylation is 3. The first-order chi connectivity index (χ1) is 18.1. The van der Waals surface area contributed by atoms with Crippen LogP contribution in [0.1, 0.15) is 63.5 Å². The predicted octanol–water partition coefficient (Wildman–Crippen LogP) is 4.46. The number of alkyl halides is 3. The summed E-state index contributed by atoms with van der Waals surface area (Å²) in [5.74, 6) is 0.805. The van der Waals surface area contributed by atoms with Crippen molar-refractivity contribution in [2.45, 2.75) is 64.2 Å². The van der Waals surface area contributed by atoms with Gasteiger partial charge in [0, 0.05) is 25.1 Å². The third-order valence-electron chi connectivity index (χ3n) is 6.65. The van der Waals surface area contributed by atoms with Gasteiger partial charge in [0.15, 0.2) is 12.3 Å². The number of aromatic nitrogens is 3. The molecule has 3 aromatic rings. The molecule has 1 saturated carbocycles. The van der Waals surface area contributed by atoms with E-state index in [2.05, 4.69) is 15.8 Å². The molecule has 1 fully saturated rings. The number of fused-ring (bicyclic) bond motifs is 1. The van der Waals surface area contributed by atoms with Gasteiger partial charge < -0.3 is 19.9 Å². The van der Waals surface area contributed by atoms with Crippen molar-refractivity contribution in [2.24, 2.45) is 5.92 Å². The molecule has 0 unspecified atom stereocenters. The van der Waals surface area contributed by atoms with E-state index in [4.69, 9.17) is 14.4 Å².